The third-order valence-electron chi connectivity index (χ3n) is 5.43. The van der Waals surface area contributed by atoms with Gasteiger partial charge in [-0.2, -0.15) is 4.98 Å². The standard InChI is InChI=1S/C22H22N2O4/c1-13-5-3-6-14(2)21(13)17-12-20(27)28-22-16(17)8-9-18(23-22)24-10-4-7-15(24)11-19(25)26/h3,5-6,8-9,12,15H,4,7,10-11H2,1-2H3,(H,25,26). The van der Waals surface area contributed by atoms with Crippen LogP contribution in [0.3, 0.4) is 0 Å². The molecule has 0 amide bonds. The number of hydrogen-bond donors (Lipinski definition) is 1. The molecule has 1 aliphatic rings. The summed E-state index contributed by atoms with van der Waals surface area (Å²) in [5.41, 5.74) is 3.82. The number of aliphatic carboxylic acids is 1. The van der Waals surface area contributed by atoms with Gasteiger partial charge in [0.1, 0.15) is 5.82 Å². The van der Waals surface area contributed by atoms with Crippen LogP contribution in [-0.4, -0.2) is 28.6 Å². The first-order chi connectivity index (χ1) is 13.4. The monoisotopic (exact) mass is 378 g/mol. The van der Waals surface area contributed by atoms with E-state index in [2.05, 4.69) is 4.98 Å². The molecule has 0 bridgehead atoms. The number of aryl methyl sites for hydroxylation is 2. The summed E-state index contributed by atoms with van der Waals surface area (Å²) in [6.45, 7) is 4.79. The number of hydrogen-bond acceptors (Lipinski definition) is 5. The smallest absolute Gasteiger partial charge is 0.338 e. The quantitative estimate of drug-likeness (QED) is 0.741. The van der Waals surface area contributed by atoms with E-state index in [4.69, 9.17) is 9.52 Å². The number of carboxylic acid groups (broad SMARTS) is 1. The molecule has 0 aliphatic carbocycles. The van der Waals surface area contributed by atoms with E-state index in [0.29, 0.717) is 5.82 Å². The van der Waals surface area contributed by atoms with Gasteiger partial charge in [-0.3, -0.25) is 4.79 Å². The molecule has 0 spiro atoms. The van der Waals surface area contributed by atoms with Gasteiger partial charge in [0.2, 0.25) is 5.71 Å². The van der Waals surface area contributed by atoms with Gasteiger partial charge < -0.3 is 14.4 Å². The SMILES string of the molecule is Cc1cccc(C)c1-c1cc(=O)oc2nc(N3CCCC3CC(=O)O)ccc12. The lowest BCUT2D eigenvalue weighted by Gasteiger charge is -2.24. The van der Waals surface area contributed by atoms with E-state index in [1.807, 2.05) is 49.1 Å². The van der Waals surface area contributed by atoms with Gasteiger partial charge in [0.05, 0.1) is 6.42 Å². The van der Waals surface area contributed by atoms with Crippen LogP contribution >= 0.6 is 0 Å². The summed E-state index contributed by atoms with van der Waals surface area (Å²) in [5, 5.41) is 9.93. The van der Waals surface area contributed by atoms with Gasteiger partial charge >= 0.3 is 11.6 Å². The fraction of sp³-hybridized carbons (Fsp3) is 0.318. The maximum Gasteiger partial charge on any atom is 0.338 e. The van der Waals surface area contributed by atoms with Crippen LogP contribution in [-0.2, 0) is 4.79 Å². The Morgan fingerprint density at radius 2 is 2.00 bits per heavy atom. The average Bonchev–Trinajstić information content (AvgIpc) is 3.08. The van der Waals surface area contributed by atoms with Crippen molar-refractivity contribution in [2.75, 3.05) is 11.4 Å². The van der Waals surface area contributed by atoms with Gasteiger partial charge in [0.25, 0.3) is 0 Å². The number of benzene rings is 1. The number of anilines is 1. The molecular formula is C22H22N2O4. The number of carboxylic acids is 1. The minimum Gasteiger partial charge on any atom is -0.481 e. The molecule has 1 aliphatic heterocycles. The van der Waals surface area contributed by atoms with Crippen LogP contribution < -0.4 is 10.5 Å². The molecule has 1 N–H and O–H groups in total. The Morgan fingerprint density at radius 1 is 1.25 bits per heavy atom. The summed E-state index contributed by atoms with van der Waals surface area (Å²) in [4.78, 5) is 30.0. The zero-order valence-electron chi connectivity index (χ0n) is 15.9. The number of pyridine rings is 1. The minimum atomic E-state index is -0.818. The number of nitrogens with zero attached hydrogens (tertiary/aromatic N) is 2. The second-order valence-electron chi connectivity index (χ2n) is 7.36. The Hall–Kier alpha value is -3.15. The molecule has 3 heterocycles. The van der Waals surface area contributed by atoms with Crippen molar-refractivity contribution in [3.8, 4) is 11.1 Å². The minimum absolute atomic E-state index is 0.0755. The van der Waals surface area contributed by atoms with E-state index in [0.717, 1.165) is 47.0 Å². The molecule has 0 saturated carbocycles. The highest BCUT2D eigenvalue weighted by Gasteiger charge is 2.28. The van der Waals surface area contributed by atoms with Crippen molar-refractivity contribution in [3.05, 3.63) is 57.9 Å². The highest BCUT2D eigenvalue weighted by molar-refractivity contribution is 5.94. The van der Waals surface area contributed by atoms with Crippen LogP contribution in [0.5, 0.6) is 0 Å². The number of fused-ring (bicyclic) bond motifs is 1. The summed E-state index contributed by atoms with van der Waals surface area (Å²) >= 11 is 0. The first-order valence-electron chi connectivity index (χ1n) is 9.44. The Bertz CT molecular complexity index is 1100. The van der Waals surface area contributed by atoms with Crippen LogP contribution in [0.4, 0.5) is 5.82 Å². The molecule has 144 valence electrons. The molecular weight excluding hydrogens is 356 g/mol. The van der Waals surface area contributed by atoms with E-state index in [1.54, 1.807) is 0 Å². The molecule has 6 heteroatoms. The maximum absolute atomic E-state index is 12.2. The molecule has 1 fully saturated rings. The maximum atomic E-state index is 12.2. The third-order valence-corrected chi connectivity index (χ3v) is 5.43. The van der Waals surface area contributed by atoms with Crippen molar-refractivity contribution < 1.29 is 14.3 Å². The normalized spacial score (nSPS) is 16.6. The van der Waals surface area contributed by atoms with E-state index < -0.39 is 11.6 Å². The molecule has 1 unspecified atom stereocenters. The topological polar surface area (TPSA) is 83.6 Å². The largest absolute Gasteiger partial charge is 0.481 e. The molecule has 2 aromatic heterocycles. The van der Waals surface area contributed by atoms with Crippen LogP contribution in [0.25, 0.3) is 22.2 Å². The summed E-state index contributed by atoms with van der Waals surface area (Å²) in [6.07, 6.45) is 1.81. The van der Waals surface area contributed by atoms with E-state index in [1.165, 1.54) is 6.07 Å². The predicted octanol–water partition coefficient (Wildman–Crippen LogP) is 3.92. The number of rotatable bonds is 4. The number of aromatic nitrogens is 1. The van der Waals surface area contributed by atoms with Crippen molar-refractivity contribution >= 4 is 22.9 Å². The van der Waals surface area contributed by atoms with Crippen molar-refractivity contribution in [2.24, 2.45) is 0 Å². The Kier molecular flexibility index (Phi) is 4.63. The highest BCUT2D eigenvalue weighted by Crippen LogP contribution is 2.34. The number of carbonyl (C=O) groups is 1. The average molecular weight is 378 g/mol. The fourth-order valence-electron chi connectivity index (χ4n) is 4.19. The molecule has 28 heavy (non-hydrogen) atoms. The van der Waals surface area contributed by atoms with Crippen LogP contribution in [0.2, 0.25) is 0 Å². The van der Waals surface area contributed by atoms with Gasteiger partial charge in [0, 0.05) is 29.6 Å². The molecule has 1 atom stereocenters. The van der Waals surface area contributed by atoms with Crippen molar-refractivity contribution in [1.82, 2.24) is 4.98 Å². The molecule has 3 aromatic rings. The summed E-state index contributed by atoms with van der Waals surface area (Å²) in [5.74, 6) is -0.167. The molecule has 0 radical (unpaired) electrons. The van der Waals surface area contributed by atoms with E-state index in [-0.39, 0.29) is 18.2 Å². The Morgan fingerprint density at radius 3 is 2.71 bits per heavy atom. The van der Waals surface area contributed by atoms with Gasteiger partial charge in [-0.15, -0.1) is 0 Å². The van der Waals surface area contributed by atoms with Gasteiger partial charge in [0.15, 0.2) is 0 Å². The van der Waals surface area contributed by atoms with Crippen LogP contribution in [0, 0.1) is 13.8 Å². The first kappa shape index (κ1) is 18.2. The van der Waals surface area contributed by atoms with Crippen molar-refractivity contribution in [3.63, 3.8) is 0 Å². The van der Waals surface area contributed by atoms with E-state index >= 15 is 0 Å². The van der Waals surface area contributed by atoms with Crippen molar-refractivity contribution in [1.29, 1.82) is 0 Å². The molecule has 1 saturated heterocycles. The zero-order chi connectivity index (χ0) is 19.8. The summed E-state index contributed by atoms with van der Waals surface area (Å²) in [6, 6.07) is 11.3. The zero-order valence-corrected chi connectivity index (χ0v) is 15.9. The lowest BCUT2D eigenvalue weighted by atomic mass is 9.94. The summed E-state index contributed by atoms with van der Waals surface area (Å²) in [7, 11) is 0. The predicted molar refractivity (Wildman–Crippen MR) is 108 cm³/mol. The molecule has 4 rings (SSSR count). The van der Waals surface area contributed by atoms with Gasteiger partial charge in [-0.25, -0.2) is 4.79 Å². The molecule has 1 aromatic carbocycles. The van der Waals surface area contributed by atoms with Gasteiger partial charge in [-0.1, -0.05) is 18.2 Å². The second kappa shape index (κ2) is 7.11. The summed E-state index contributed by atoms with van der Waals surface area (Å²) < 4.78 is 5.41. The highest BCUT2D eigenvalue weighted by atomic mass is 16.4. The Labute approximate surface area is 162 Å². The third kappa shape index (κ3) is 3.26. The van der Waals surface area contributed by atoms with Crippen LogP contribution in [0.15, 0.2) is 45.6 Å². The van der Waals surface area contributed by atoms with Crippen LogP contribution in [0.1, 0.15) is 30.4 Å². The first-order valence-corrected chi connectivity index (χ1v) is 9.44. The molecule has 6 nitrogen and oxygen atoms in total. The lowest BCUT2D eigenvalue weighted by molar-refractivity contribution is -0.137. The van der Waals surface area contributed by atoms with Gasteiger partial charge in [-0.05, 0) is 55.5 Å². The van der Waals surface area contributed by atoms with Crippen molar-refractivity contribution in [2.45, 2.75) is 39.2 Å². The fourth-order valence-corrected chi connectivity index (χ4v) is 4.19. The second-order valence-corrected chi connectivity index (χ2v) is 7.36. The van der Waals surface area contributed by atoms with E-state index in [9.17, 15) is 9.59 Å². The Balaban J connectivity index is 1.84. The lowest BCUT2D eigenvalue weighted by Crippen LogP contribution is -2.31.